The van der Waals surface area contributed by atoms with Crippen molar-refractivity contribution in [3.8, 4) is 0 Å². The molecule has 8 heteroatoms. The molecule has 4 amide bonds. The molecule has 0 spiro atoms. The number of carbonyl (C=O) groups is 3. The molecule has 1 aromatic rings. The molecule has 26 heavy (non-hydrogen) atoms. The smallest absolute Gasteiger partial charge is 0.337 e. The summed E-state index contributed by atoms with van der Waals surface area (Å²) >= 11 is 0. The normalized spacial score (nSPS) is 16.8. The molecule has 2 rings (SSSR count). The minimum absolute atomic E-state index is 0.287. The molecular formula is C18H24N4O4. The van der Waals surface area contributed by atoms with Gasteiger partial charge in [0.2, 0.25) is 0 Å². The van der Waals surface area contributed by atoms with Gasteiger partial charge < -0.3 is 20.7 Å². The van der Waals surface area contributed by atoms with E-state index in [1.54, 1.807) is 31.2 Å². The molecule has 3 N–H and O–H groups in total. The first-order chi connectivity index (χ1) is 12.4. The quantitative estimate of drug-likeness (QED) is 0.702. The second kappa shape index (κ2) is 8.37. The highest BCUT2D eigenvalue weighted by Gasteiger charge is 2.35. The molecule has 0 saturated heterocycles. The number of urea groups is 2. The molecule has 1 atom stereocenters. The highest BCUT2D eigenvalue weighted by molar-refractivity contribution is 5.95. The Labute approximate surface area is 152 Å². The number of allylic oxidation sites excluding steroid dienone is 1. The number of methoxy groups -OCH3 is 1. The fraction of sp³-hybridized carbons (Fsp3) is 0.389. The van der Waals surface area contributed by atoms with Gasteiger partial charge in [0.25, 0.3) is 0 Å². The van der Waals surface area contributed by atoms with Crippen LogP contribution in [0.5, 0.6) is 0 Å². The number of nitrogens with one attached hydrogen (secondary N) is 3. The lowest BCUT2D eigenvalue weighted by Gasteiger charge is -2.34. The maximum atomic E-state index is 12.4. The molecule has 0 radical (unpaired) electrons. The minimum atomic E-state index is -0.659. The van der Waals surface area contributed by atoms with Crippen LogP contribution in [0.25, 0.3) is 0 Å². The van der Waals surface area contributed by atoms with Crippen molar-refractivity contribution >= 4 is 23.7 Å². The monoisotopic (exact) mass is 360 g/mol. The number of benzene rings is 1. The number of rotatable bonds is 5. The van der Waals surface area contributed by atoms with Gasteiger partial charge in [0.15, 0.2) is 0 Å². The molecule has 140 valence electrons. The summed E-state index contributed by atoms with van der Waals surface area (Å²) < 4.78 is 4.91. The van der Waals surface area contributed by atoms with E-state index in [-0.39, 0.29) is 12.1 Å². The van der Waals surface area contributed by atoms with E-state index in [0.717, 1.165) is 0 Å². The highest BCUT2D eigenvalue weighted by Crippen LogP contribution is 2.32. The summed E-state index contributed by atoms with van der Waals surface area (Å²) in [6.07, 6.45) is 0. The fourth-order valence-corrected chi connectivity index (χ4v) is 2.92. The maximum absolute atomic E-state index is 12.4. The van der Waals surface area contributed by atoms with Crippen LogP contribution in [0.4, 0.5) is 15.3 Å². The Bertz CT molecular complexity index is 744. The third-order valence-corrected chi connectivity index (χ3v) is 4.13. The number of nitrogens with zero attached hydrogens (tertiary/aromatic N) is 1. The van der Waals surface area contributed by atoms with Crippen molar-refractivity contribution in [3.05, 3.63) is 41.1 Å². The zero-order chi connectivity index (χ0) is 19.3. The van der Waals surface area contributed by atoms with Crippen LogP contribution in [0.1, 0.15) is 32.4 Å². The average Bonchev–Trinajstić information content (AvgIpc) is 2.61. The minimum Gasteiger partial charge on any atom is -0.466 e. The van der Waals surface area contributed by atoms with Gasteiger partial charge in [-0.2, -0.15) is 0 Å². The van der Waals surface area contributed by atoms with Crippen molar-refractivity contribution in [1.29, 1.82) is 0 Å². The van der Waals surface area contributed by atoms with Crippen molar-refractivity contribution in [1.82, 2.24) is 15.5 Å². The molecule has 0 saturated carbocycles. The van der Waals surface area contributed by atoms with E-state index in [4.69, 9.17) is 4.74 Å². The number of anilines is 1. The standard InChI is InChI=1S/C18H24N4O4/c1-5-19-17(24)20-13-9-7-8-12(10-13)15-14(16(23)26-4)11(3)22(6-2)18(25)21-15/h7-10,15H,5-6H2,1-4H3,(H,21,25)(H2,19,20,24). The summed E-state index contributed by atoms with van der Waals surface area (Å²) in [7, 11) is 1.31. The topological polar surface area (TPSA) is 99.8 Å². The van der Waals surface area contributed by atoms with E-state index < -0.39 is 12.0 Å². The van der Waals surface area contributed by atoms with Crippen molar-refractivity contribution in [2.24, 2.45) is 0 Å². The Morgan fingerprint density at radius 3 is 2.65 bits per heavy atom. The van der Waals surface area contributed by atoms with Gasteiger partial charge in [-0.1, -0.05) is 12.1 Å². The Morgan fingerprint density at radius 1 is 1.31 bits per heavy atom. The predicted molar refractivity (Wildman–Crippen MR) is 97.5 cm³/mol. The highest BCUT2D eigenvalue weighted by atomic mass is 16.5. The molecule has 0 fully saturated rings. The predicted octanol–water partition coefficient (Wildman–Crippen LogP) is 2.36. The SMILES string of the molecule is CCNC(=O)Nc1cccc(C2NC(=O)N(CC)C(C)=C2C(=O)OC)c1. The van der Waals surface area contributed by atoms with Gasteiger partial charge in [0, 0.05) is 24.5 Å². The van der Waals surface area contributed by atoms with Gasteiger partial charge in [-0.15, -0.1) is 0 Å². The van der Waals surface area contributed by atoms with Crippen molar-refractivity contribution in [2.45, 2.75) is 26.8 Å². The Balaban J connectivity index is 2.42. The largest absolute Gasteiger partial charge is 0.466 e. The molecular weight excluding hydrogens is 336 g/mol. The zero-order valence-corrected chi connectivity index (χ0v) is 15.4. The summed E-state index contributed by atoms with van der Waals surface area (Å²) in [5.74, 6) is -0.506. The maximum Gasteiger partial charge on any atom is 0.337 e. The summed E-state index contributed by atoms with van der Waals surface area (Å²) in [6.45, 7) is 6.31. The lowest BCUT2D eigenvalue weighted by molar-refractivity contribution is -0.136. The summed E-state index contributed by atoms with van der Waals surface area (Å²) in [5.41, 5.74) is 2.14. The third-order valence-electron chi connectivity index (χ3n) is 4.13. The lowest BCUT2D eigenvalue weighted by Crippen LogP contribution is -2.47. The molecule has 1 aliphatic heterocycles. The van der Waals surface area contributed by atoms with Crippen molar-refractivity contribution in [2.75, 3.05) is 25.5 Å². The molecule has 0 bridgehead atoms. The van der Waals surface area contributed by atoms with Crippen LogP contribution in [-0.2, 0) is 9.53 Å². The number of carbonyl (C=O) groups excluding carboxylic acids is 3. The van der Waals surface area contributed by atoms with E-state index in [1.165, 1.54) is 12.0 Å². The first kappa shape index (κ1) is 19.3. The van der Waals surface area contributed by atoms with Crippen LogP contribution < -0.4 is 16.0 Å². The Kier molecular flexibility index (Phi) is 6.21. The molecule has 1 unspecified atom stereocenters. The Hall–Kier alpha value is -3.03. The van der Waals surface area contributed by atoms with Gasteiger partial charge in [-0.05, 0) is 38.5 Å². The van der Waals surface area contributed by atoms with Crippen molar-refractivity contribution < 1.29 is 19.1 Å². The molecule has 0 aliphatic carbocycles. The lowest BCUT2D eigenvalue weighted by atomic mass is 9.94. The van der Waals surface area contributed by atoms with Gasteiger partial charge in [0.1, 0.15) is 0 Å². The van der Waals surface area contributed by atoms with Crippen molar-refractivity contribution in [3.63, 3.8) is 0 Å². The number of esters is 1. The van der Waals surface area contributed by atoms with Gasteiger partial charge in [-0.25, -0.2) is 14.4 Å². The van der Waals surface area contributed by atoms with Crippen LogP contribution in [0, 0.1) is 0 Å². The Morgan fingerprint density at radius 2 is 2.04 bits per heavy atom. The number of hydrogen-bond donors (Lipinski definition) is 3. The van der Waals surface area contributed by atoms with Crippen LogP contribution in [0.15, 0.2) is 35.5 Å². The molecule has 8 nitrogen and oxygen atoms in total. The van der Waals surface area contributed by atoms with E-state index in [2.05, 4.69) is 16.0 Å². The van der Waals surface area contributed by atoms with E-state index in [0.29, 0.717) is 35.6 Å². The summed E-state index contributed by atoms with van der Waals surface area (Å²) in [6, 6.07) is 5.71. The van der Waals surface area contributed by atoms with E-state index >= 15 is 0 Å². The zero-order valence-electron chi connectivity index (χ0n) is 15.4. The van der Waals surface area contributed by atoms with Crippen LogP contribution in [0.3, 0.4) is 0 Å². The molecule has 1 aromatic carbocycles. The second-order valence-corrected chi connectivity index (χ2v) is 5.73. The van der Waals surface area contributed by atoms with Gasteiger partial charge in [-0.3, -0.25) is 4.90 Å². The molecule has 1 aliphatic rings. The average molecular weight is 360 g/mol. The van der Waals surface area contributed by atoms with Gasteiger partial charge in [0.05, 0.1) is 18.7 Å². The summed E-state index contributed by atoms with van der Waals surface area (Å²) in [4.78, 5) is 37.9. The number of ether oxygens (including phenoxy) is 1. The molecule has 0 aromatic heterocycles. The van der Waals surface area contributed by atoms with E-state index in [9.17, 15) is 14.4 Å². The number of amides is 4. The third kappa shape index (κ3) is 3.96. The van der Waals surface area contributed by atoms with Crippen LogP contribution in [-0.4, -0.2) is 43.1 Å². The fourth-order valence-electron chi connectivity index (χ4n) is 2.92. The first-order valence-corrected chi connectivity index (χ1v) is 8.44. The number of hydrogen-bond acceptors (Lipinski definition) is 4. The van der Waals surface area contributed by atoms with Gasteiger partial charge >= 0.3 is 18.0 Å². The first-order valence-electron chi connectivity index (χ1n) is 8.44. The van der Waals surface area contributed by atoms with Crippen LogP contribution in [0.2, 0.25) is 0 Å². The van der Waals surface area contributed by atoms with Crippen LogP contribution >= 0.6 is 0 Å². The van der Waals surface area contributed by atoms with E-state index in [1.807, 2.05) is 13.8 Å². The molecule has 1 heterocycles. The summed E-state index contributed by atoms with van der Waals surface area (Å²) in [5, 5.41) is 8.20. The second-order valence-electron chi connectivity index (χ2n) is 5.73.